The molecule has 0 saturated heterocycles. The number of amides is 1. The molecule has 0 radical (unpaired) electrons. The Kier molecular flexibility index (Phi) is 3.99. The molecule has 1 atom stereocenters. The molecule has 1 fully saturated rings. The van der Waals surface area contributed by atoms with Gasteiger partial charge < -0.3 is 10.6 Å². The van der Waals surface area contributed by atoms with Crippen LogP contribution in [0, 0.1) is 5.41 Å². The van der Waals surface area contributed by atoms with Crippen molar-refractivity contribution in [3.8, 4) is 0 Å². The standard InChI is InChI=1S/C14H20ClN3O/c1-4-5-16-12-10(15)6-9(8-17-12)13(19)18-11-7-14(11,2)3/h6,8,11H,4-5,7H2,1-3H3,(H,16,17)(H,18,19). The number of anilines is 1. The fourth-order valence-corrected chi connectivity index (χ4v) is 2.12. The first-order valence-corrected chi connectivity index (χ1v) is 7.02. The maximum atomic E-state index is 12.0. The molecule has 1 amide bonds. The Labute approximate surface area is 118 Å². The zero-order valence-electron chi connectivity index (χ0n) is 11.6. The third kappa shape index (κ3) is 3.38. The van der Waals surface area contributed by atoms with Gasteiger partial charge in [-0.25, -0.2) is 4.98 Å². The Morgan fingerprint density at radius 3 is 2.79 bits per heavy atom. The average molecular weight is 282 g/mol. The van der Waals surface area contributed by atoms with Crippen LogP contribution < -0.4 is 10.6 Å². The van der Waals surface area contributed by atoms with Gasteiger partial charge in [0.2, 0.25) is 0 Å². The molecule has 19 heavy (non-hydrogen) atoms. The first-order valence-electron chi connectivity index (χ1n) is 6.64. The molecule has 1 aliphatic carbocycles. The minimum Gasteiger partial charge on any atom is -0.369 e. The van der Waals surface area contributed by atoms with E-state index < -0.39 is 0 Å². The van der Waals surface area contributed by atoms with Gasteiger partial charge in [-0.05, 0) is 24.3 Å². The smallest absolute Gasteiger partial charge is 0.253 e. The minimum atomic E-state index is -0.105. The predicted molar refractivity (Wildman–Crippen MR) is 77.7 cm³/mol. The number of carbonyl (C=O) groups excluding carboxylic acids is 1. The Morgan fingerprint density at radius 2 is 2.26 bits per heavy atom. The highest BCUT2D eigenvalue weighted by Gasteiger charge is 2.46. The van der Waals surface area contributed by atoms with Crippen LogP contribution in [0.15, 0.2) is 12.3 Å². The molecule has 0 bridgehead atoms. The maximum Gasteiger partial charge on any atom is 0.253 e. The van der Waals surface area contributed by atoms with Gasteiger partial charge in [-0.2, -0.15) is 0 Å². The molecular formula is C14H20ClN3O. The van der Waals surface area contributed by atoms with Gasteiger partial charge in [-0.3, -0.25) is 4.79 Å². The third-order valence-electron chi connectivity index (χ3n) is 3.46. The van der Waals surface area contributed by atoms with Gasteiger partial charge in [0.05, 0.1) is 10.6 Å². The lowest BCUT2D eigenvalue weighted by Crippen LogP contribution is -2.28. The van der Waals surface area contributed by atoms with Crippen LogP contribution in [-0.2, 0) is 0 Å². The van der Waals surface area contributed by atoms with Gasteiger partial charge in [-0.15, -0.1) is 0 Å². The second kappa shape index (κ2) is 5.37. The summed E-state index contributed by atoms with van der Waals surface area (Å²) in [6.45, 7) is 7.16. The van der Waals surface area contributed by atoms with Gasteiger partial charge in [0.15, 0.2) is 0 Å². The summed E-state index contributed by atoms with van der Waals surface area (Å²) in [5, 5.41) is 6.60. The van der Waals surface area contributed by atoms with E-state index >= 15 is 0 Å². The average Bonchev–Trinajstić information content (AvgIpc) is 2.94. The van der Waals surface area contributed by atoms with Crippen LogP contribution in [-0.4, -0.2) is 23.5 Å². The highest BCUT2D eigenvalue weighted by Crippen LogP contribution is 2.44. The topological polar surface area (TPSA) is 54.0 Å². The number of carbonyl (C=O) groups is 1. The molecule has 5 heteroatoms. The Hall–Kier alpha value is -1.29. The Balaban J connectivity index is 2.01. The fourth-order valence-electron chi connectivity index (χ4n) is 1.89. The molecule has 0 aromatic carbocycles. The molecule has 1 saturated carbocycles. The number of pyridine rings is 1. The molecule has 2 rings (SSSR count). The van der Waals surface area contributed by atoms with Crippen molar-refractivity contribution in [3.63, 3.8) is 0 Å². The zero-order chi connectivity index (χ0) is 14.0. The van der Waals surface area contributed by atoms with E-state index in [-0.39, 0.29) is 17.4 Å². The van der Waals surface area contributed by atoms with Crippen molar-refractivity contribution in [2.24, 2.45) is 5.41 Å². The monoisotopic (exact) mass is 281 g/mol. The highest BCUT2D eigenvalue weighted by molar-refractivity contribution is 6.33. The molecule has 1 aromatic heterocycles. The Morgan fingerprint density at radius 1 is 1.58 bits per heavy atom. The van der Waals surface area contributed by atoms with Crippen molar-refractivity contribution >= 4 is 23.3 Å². The van der Waals surface area contributed by atoms with Crippen molar-refractivity contribution < 1.29 is 4.79 Å². The van der Waals surface area contributed by atoms with Crippen molar-refractivity contribution in [3.05, 3.63) is 22.8 Å². The summed E-state index contributed by atoms with van der Waals surface area (Å²) < 4.78 is 0. The van der Waals surface area contributed by atoms with Gasteiger partial charge in [0, 0.05) is 18.8 Å². The molecule has 4 nitrogen and oxygen atoms in total. The van der Waals surface area contributed by atoms with Gasteiger partial charge >= 0.3 is 0 Å². The van der Waals surface area contributed by atoms with E-state index in [1.165, 1.54) is 0 Å². The summed E-state index contributed by atoms with van der Waals surface area (Å²) >= 11 is 6.11. The summed E-state index contributed by atoms with van der Waals surface area (Å²) in [6, 6.07) is 1.92. The minimum absolute atomic E-state index is 0.105. The number of nitrogens with zero attached hydrogens (tertiary/aromatic N) is 1. The first kappa shape index (κ1) is 14.1. The molecule has 1 aromatic rings. The summed E-state index contributed by atoms with van der Waals surface area (Å²) in [4.78, 5) is 16.2. The number of hydrogen-bond donors (Lipinski definition) is 2. The van der Waals surface area contributed by atoms with Gasteiger partial charge in [-0.1, -0.05) is 32.4 Å². The molecule has 2 N–H and O–H groups in total. The summed E-state index contributed by atoms with van der Waals surface area (Å²) in [5.74, 6) is 0.527. The maximum absolute atomic E-state index is 12.0. The number of rotatable bonds is 5. The summed E-state index contributed by atoms with van der Waals surface area (Å²) in [7, 11) is 0. The van der Waals surface area contributed by atoms with Crippen molar-refractivity contribution in [2.75, 3.05) is 11.9 Å². The van der Waals surface area contributed by atoms with E-state index in [1.807, 2.05) is 0 Å². The number of nitrogens with one attached hydrogen (secondary N) is 2. The predicted octanol–water partition coefficient (Wildman–Crippen LogP) is 3.09. The third-order valence-corrected chi connectivity index (χ3v) is 3.75. The number of aromatic nitrogens is 1. The van der Waals surface area contributed by atoms with Crippen LogP contribution in [0.5, 0.6) is 0 Å². The van der Waals surface area contributed by atoms with Crippen molar-refractivity contribution in [1.82, 2.24) is 10.3 Å². The van der Waals surface area contributed by atoms with Crippen LogP contribution in [0.2, 0.25) is 5.02 Å². The lowest BCUT2D eigenvalue weighted by atomic mass is 10.2. The van der Waals surface area contributed by atoms with E-state index in [0.717, 1.165) is 19.4 Å². The van der Waals surface area contributed by atoms with Gasteiger partial charge in [0.1, 0.15) is 5.82 Å². The number of hydrogen-bond acceptors (Lipinski definition) is 3. The molecule has 1 heterocycles. The fraction of sp³-hybridized carbons (Fsp3) is 0.571. The Bertz CT molecular complexity index is 488. The van der Waals surface area contributed by atoms with Crippen molar-refractivity contribution in [1.29, 1.82) is 0 Å². The second-order valence-electron chi connectivity index (χ2n) is 5.70. The van der Waals surface area contributed by atoms with Crippen LogP contribution in [0.3, 0.4) is 0 Å². The van der Waals surface area contributed by atoms with Crippen LogP contribution in [0.25, 0.3) is 0 Å². The van der Waals surface area contributed by atoms with E-state index in [4.69, 9.17) is 11.6 Å². The van der Waals surface area contributed by atoms with E-state index in [0.29, 0.717) is 16.4 Å². The molecule has 1 aliphatic rings. The van der Waals surface area contributed by atoms with Crippen molar-refractivity contribution in [2.45, 2.75) is 39.7 Å². The molecule has 0 spiro atoms. The van der Waals surface area contributed by atoms with Crippen LogP contribution >= 0.6 is 11.6 Å². The molecule has 104 valence electrons. The van der Waals surface area contributed by atoms with E-state index in [1.54, 1.807) is 12.3 Å². The summed E-state index contributed by atoms with van der Waals surface area (Å²) in [5.41, 5.74) is 0.727. The highest BCUT2D eigenvalue weighted by atomic mass is 35.5. The first-order chi connectivity index (χ1) is 8.94. The molecular weight excluding hydrogens is 262 g/mol. The quantitative estimate of drug-likeness (QED) is 0.872. The molecule has 1 unspecified atom stereocenters. The van der Waals surface area contributed by atoms with Crippen LogP contribution in [0.1, 0.15) is 44.0 Å². The van der Waals surface area contributed by atoms with E-state index in [9.17, 15) is 4.79 Å². The SMILES string of the molecule is CCCNc1ncc(C(=O)NC2CC2(C)C)cc1Cl. The van der Waals surface area contributed by atoms with Gasteiger partial charge in [0.25, 0.3) is 5.91 Å². The van der Waals surface area contributed by atoms with E-state index in [2.05, 4.69) is 36.4 Å². The normalized spacial score (nSPS) is 19.9. The zero-order valence-corrected chi connectivity index (χ0v) is 12.3. The second-order valence-corrected chi connectivity index (χ2v) is 6.11. The lowest BCUT2D eigenvalue weighted by Gasteiger charge is -2.09. The number of halogens is 1. The lowest BCUT2D eigenvalue weighted by molar-refractivity contribution is 0.0946. The molecule has 0 aliphatic heterocycles. The summed E-state index contributed by atoms with van der Waals surface area (Å²) in [6.07, 6.45) is 3.58. The van der Waals surface area contributed by atoms with Crippen LogP contribution in [0.4, 0.5) is 5.82 Å². The largest absolute Gasteiger partial charge is 0.369 e.